The Labute approximate surface area is 82.4 Å². The van der Waals surface area contributed by atoms with E-state index in [4.69, 9.17) is 0 Å². The summed E-state index contributed by atoms with van der Waals surface area (Å²) >= 11 is 0. The van der Waals surface area contributed by atoms with E-state index in [1.165, 1.54) is 16.8 Å². The Hall–Kier alpha value is -1.61. The van der Waals surface area contributed by atoms with Gasteiger partial charge >= 0.3 is 0 Å². The second-order valence-electron chi connectivity index (χ2n) is 3.53. The molecule has 0 saturated heterocycles. The van der Waals surface area contributed by atoms with Crippen molar-refractivity contribution in [3.8, 4) is 5.69 Å². The highest BCUT2D eigenvalue weighted by Crippen LogP contribution is 2.19. The number of aromatic nitrogens is 2. The summed E-state index contributed by atoms with van der Waals surface area (Å²) in [5.74, 6) is 0. The molecule has 3 nitrogen and oxygen atoms in total. The Kier molecular flexibility index (Phi) is 1.64. The fourth-order valence-electron chi connectivity index (χ4n) is 1.85. The first kappa shape index (κ1) is 7.76. The zero-order chi connectivity index (χ0) is 9.38. The molecule has 1 aliphatic rings. The van der Waals surface area contributed by atoms with Crippen molar-refractivity contribution in [2.45, 2.75) is 13.1 Å². The third kappa shape index (κ3) is 1.14. The SMILES string of the molecule is c1cn(-c2ccc3c(c2)CNC3)cn1. The molecule has 3 rings (SSSR count). The van der Waals surface area contributed by atoms with Gasteiger partial charge in [0.05, 0.1) is 6.33 Å². The molecular formula is C11H11N3. The summed E-state index contributed by atoms with van der Waals surface area (Å²) in [6.07, 6.45) is 5.58. The van der Waals surface area contributed by atoms with Gasteiger partial charge in [-0.25, -0.2) is 4.98 Å². The Morgan fingerprint density at radius 1 is 1.21 bits per heavy atom. The van der Waals surface area contributed by atoms with Crippen molar-refractivity contribution < 1.29 is 0 Å². The molecule has 0 amide bonds. The van der Waals surface area contributed by atoms with Gasteiger partial charge in [-0.2, -0.15) is 0 Å². The number of rotatable bonds is 1. The first-order valence-electron chi connectivity index (χ1n) is 4.74. The standard InChI is InChI=1S/C11H11N3/c1-2-11(14-4-3-12-8-14)5-10-7-13-6-9(1)10/h1-5,8,13H,6-7H2. The minimum Gasteiger partial charge on any atom is -0.309 e. The van der Waals surface area contributed by atoms with Crippen LogP contribution in [0.4, 0.5) is 0 Å². The van der Waals surface area contributed by atoms with Crippen molar-refractivity contribution >= 4 is 0 Å². The minimum absolute atomic E-state index is 0.984. The van der Waals surface area contributed by atoms with Crippen LogP contribution in [-0.2, 0) is 13.1 Å². The number of fused-ring (bicyclic) bond motifs is 1. The van der Waals surface area contributed by atoms with Gasteiger partial charge in [-0.15, -0.1) is 0 Å². The number of nitrogens with one attached hydrogen (secondary N) is 1. The number of hydrogen-bond donors (Lipinski definition) is 1. The van der Waals surface area contributed by atoms with Crippen LogP contribution >= 0.6 is 0 Å². The monoisotopic (exact) mass is 185 g/mol. The number of imidazole rings is 1. The lowest BCUT2D eigenvalue weighted by Gasteiger charge is -2.04. The predicted molar refractivity (Wildman–Crippen MR) is 54.1 cm³/mol. The van der Waals surface area contributed by atoms with Gasteiger partial charge in [0.25, 0.3) is 0 Å². The van der Waals surface area contributed by atoms with Crippen molar-refractivity contribution in [3.63, 3.8) is 0 Å². The molecule has 0 atom stereocenters. The molecule has 70 valence electrons. The molecule has 1 aliphatic heterocycles. The van der Waals surface area contributed by atoms with Crippen LogP contribution in [0.2, 0.25) is 0 Å². The molecule has 1 N–H and O–H groups in total. The summed E-state index contributed by atoms with van der Waals surface area (Å²) in [5, 5.41) is 3.34. The average Bonchev–Trinajstić information content (AvgIpc) is 2.88. The van der Waals surface area contributed by atoms with Crippen LogP contribution < -0.4 is 5.32 Å². The van der Waals surface area contributed by atoms with Crippen molar-refractivity contribution in [2.75, 3.05) is 0 Å². The minimum atomic E-state index is 0.984. The maximum Gasteiger partial charge on any atom is 0.0991 e. The van der Waals surface area contributed by atoms with Gasteiger partial charge in [-0.1, -0.05) is 6.07 Å². The van der Waals surface area contributed by atoms with Gasteiger partial charge in [0.15, 0.2) is 0 Å². The van der Waals surface area contributed by atoms with Crippen molar-refractivity contribution in [2.24, 2.45) is 0 Å². The fourth-order valence-corrected chi connectivity index (χ4v) is 1.85. The number of hydrogen-bond acceptors (Lipinski definition) is 2. The van der Waals surface area contributed by atoms with E-state index in [0.717, 1.165) is 13.1 Å². The molecule has 1 aromatic carbocycles. The lowest BCUT2D eigenvalue weighted by Crippen LogP contribution is -1.99. The van der Waals surface area contributed by atoms with Crippen molar-refractivity contribution in [1.82, 2.24) is 14.9 Å². The topological polar surface area (TPSA) is 29.9 Å². The van der Waals surface area contributed by atoms with Gasteiger partial charge in [0.2, 0.25) is 0 Å². The Bertz CT molecular complexity index is 446. The first-order valence-corrected chi connectivity index (χ1v) is 4.74. The largest absolute Gasteiger partial charge is 0.309 e. The maximum absolute atomic E-state index is 4.04. The second-order valence-corrected chi connectivity index (χ2v) is 3.53. The van der Waals surface area contributed by atoms with Gasteiger partial charge in [0.1, 0.15) is 0 Å². The second kappa shape index (κ2) is 2.96. The summed E-state index contributed by atoms with van der Waals surface area (Å²) in [6.45, 7) is 1.98. The van der Waals surface area contributed by atoms with Gasteiger partial charge in [0, 0.05) is 31.2 Å². The van der Waals surface area contributed by atoms with E-state index in [0.29, 0.717) is 0 Å². The quantitative estimate of drug-likeness (QED) is 0.729. The zero-order valence-electron chi connectivity index (χ0n) is 7.77. The van der Waals surface area contributed by atoms with E-state index in [2.05, 4.69) is 28.5 Å². The maximum atomic E-state index is 4.04. The van der Waals surface area contributed by atoms with Crippen LogP contribution in [0.25, 0.3) is 5.69 Å². The Morgan fingerprint density at radius 2 is 2.14 bits per heavy atom. The van der Waals surface area contributed by atoms with Crippen molar-refractivity contribution in [1.29, 1.82) is 0 Å². The molecule has 2 aromatic rings. The molecule has 0 aliphatic carbocycles. The van der Waals surface area contributed by atoms with Gasteiger partial charge < -0.3 is 9.88 Å². The fraction of sp³-hybridized carbons (Fsp3) is 0.182. The van der Waals surface area contributed by atoms with E-state index in [9.17, 15) is 0 Å². The number of benzene rings is 1. The van der Waals surface area contributed by atoms with E-state index in [1.807, 2.05) is 17.1 Å². The van der Waals surface area contributed by atoms with Crippen LogP contribution in [0.15, 0.2) is 36.9 Å². The molecule has 1 aromatic heterocycles. The van der Waals surface area contributed by atoms with E-state index < -0.39 is 0 Å². The highest BCUT2D eigenvalue weighted by molar-refractivity contribution is 5.42. The van der Waals surface area contributed by atoms with E-state index in [-0.39, 0.29) is 0 Å². The number of nitrogens with zero attached hydrogens (tertiary/aromatic N) is 2. The lowest BCUT2D eigenvalue weighted by molar-refractivity contribution is 0.764. The van der Waals surface area contributed by atoms with Crippen LogP contribution in [0.3, 0.4) is 0 Å². The van der Waals surface area contributed by atoms with Crippen LogP contribution in [0.1, 0.15) is 11.1 Å². The molecule has 0 unspecified atom stereocenters. The summed E-state index contributed by atoms with van der Waals surface area (Å²) in [5.41, 5.74) is 4.00. The van der Waals surface area contributed by atoms with Crippen molar-refractivity contribution in [3.05, 3.63) is 48.0 Å². The Balaban J connectivity index is 2.09. The molecule has 0 fully saturated rings. The molecule has 0 radical (unpaired) electrons. The highest BCUT2D eigenvalue weighted by Gasteiger charge is 2.09. The molecule has 0 bridgehead atoms. The van der Waals surface area contributed by atoms with E-state index in [1.54, 1.807) is 6.20 Å². The van der Waals surface area contributed by atoms with Gasteiger partial charge in [-0.05, 0) is 23.3 Å². The molecule has 0 spiro atoms. The predicted octanol–water partition coefficient (Wildman–Crippen LogP) is 1.48. The molecule has 3 heteroatoms. The zero-order valence-corrected chi connectivity index (χ0v) is 7.77. The third-order valence-electron chi connectivity index (χ3n) is 2.62. The first-order chi connectivity index (χ1) is 6.93. The molecular weight excluding hydrogens is 174 g/mol. The average molecular weight is 185 g/mol. The van der Waals surface area contributed by atoms with Crippen LogP contribution in [0.5, 0.6) is 0 Å². The molecule has 14 heavy (non-hydrogen) atoms. The normalized spacial score (nSPS) is 14.3. The highest BCUT2D eigenvalue weighted by atomic mass is 15.0. The molecule has 2 heterocycles. The van der Waals surface area contributed by atoms with Crippen LogP contribution in [-0.4, -0.2) is 9.55 Å². The smallest absolute Gasteiger partial charge is 0.0991 e. The molecule has 0 saturated carbocycles. The Morgan fingerprint density at radius 3 is 3.00 bits per heavy atom. The summed E-state index contributed by atoms with van der Waals surface area (Å²) in [6, 6.07) is 6.54. The third-order valence-corrected chi connectivity index (χ3v) is 2.62. The van der Waals surface area contributed by atoms with E-state index >= 15 is 0 Å². The summed E-state index contributed by atoms with van der Waals surface area (Å²) in [4.78, 5) is 4.04. The van der Waals surface area contributed by atoms with Crippen LogP contribution in [0, 0.1) is 0 Å². The summed E-state index contributed by atoms with van der Waals surface area (Å²) in [7, 11) is 0. The lowest BCUT2D eigenvalue weighted by atomic mass is 10.1. The summed E-state index contributed by atoms with van der Waals surface area (Å²) < 4.78 is 2.03. The van der Waals surface area contributed by atoms with Gasteiger partial charge in [-0.3, -0.25) is 0 Å².